The van der Waals surface area contributed by atoms with Crippen molar-refractivity contribution in [3.8, 4) is 17.2 Å². The maximum atomic E-state index is 13.8. The van der Waals surface area contributed by atoms with Gasteiger partial charge >= 0.3 is 0 Å². The van der Waals surface area contributed by atoms with Gasteiger partial charge in [-0.3, -0.25) is 14.2 Å². The van der Waals surface area contributed by atoms with Crippen LogP contribution in [0.3, 0.4) is 0 Å². The Morgan fingerprint density at radius 1 is 1.13 bits per heavy atom. The van der Waals surface area contributed by atoms with E-state index >= 15 is 0 Å². The van der Waals surface area contributed by atoms with Crippen LogP contribution < -0.4 is 20.5 Å². The number of benzene rings is 2. The number of carbonyl (C=O) groups excluding carboxylic acids is 1. The summed E-state index contributed by atoms with van der Waals surface area (Å²) in [5, 5.41) is 5.23. The molecule has 1 aliphatic carbocycles. The second-order valence-electron chi connectivity index (χ2n) is 8.71. The van der Waals surface area contributed by atoms with E-state index < -0.39 is 0 Å². The highest BCUT2D eigenvalue weighted by Gasteiger charge is 2.23. The Bertz CT molecular complexity index is 1530. The van der Waals surface area contributed by atoms with Crippen LogP contribution in [0.5, 0.6) is 11.5 Å². The first-order valence-electron chi connectivity index (χ1n) is 12.5. The number of rotatable bonds is 9. The molecule has 196 valence electrons. The van der Waals surface area contributed by atoms with E-state index in [2.05, 4.69) is 10.5 Å². The van der Waals surface area contributed by atoms with Crippen molar-refractivity contribution in [2.45, 2.75) is 37.8 Å². The summed E-state index contributed by atoms with van der Waals surface area (Å²) in [6.45, 7) is 2.53. The van der Waals surface area contributed by atoms with E-state index in [-0.39, 0.29) is 17.2 Å². The van der Waals surface area contributed by atoms with Gasteiger partial charge in [0.1, 0.15) is 16.3 Å². The number of aromatic nitrogens is 2. The average molecular weight is 549 g/mol. The van der Waals surface area contributed by atoms with E-state index in [0.717, 1.165) is 47.4 Å². The summed E-state index contributed by atoms with van der Waals surface area (Å²) in [7, 11) is 1.60. The summed E-state index contributed by atoms with van der Waals surface area (Å²) in [6.07, 6.45) is 5.66. The molecule has 0 saturated heterocycles. The number of hydrogen-bond donors (Lipinski definition) is 1. The third-order valence-electron chi connectivity index (χ3n) is 6.22. The lowest BCUT2D eigenvalue weighted by molar-refractivity contribution is -0.118. The molecule has 0 bridgehead atoms. The first-order valence-corrected chi connectivity index (χ1v) is 14.3. The molecule has 10 heteroatoms. The summed E-state index contributed by atoms with van der Waals surface area (Å²) in [5.41, 5.74) is 5.10. The molecule has 0 fully saturated rings. The van der Waals surface area contributed by atoms with Crippen molar-refractivity contribution in [1.82, 2.24) is 15.0 Å². The number of nitrogens with one attached hydrogen (secondary N) is 1. The third-order valence-corrected chi connectivity index (χ3v) is 8.34. The molecule has 8 nitrogen and oxygen atoms in total. The van der Waals surface area contributed by atoms with Crippen molar-refractivity contribution in [3.63, 3.8) is 0 Å². The van der Waals surface area contributed by atoms with Crippen LogP contribution in [0.15, 0.2) is 63.6 Å². The molecule has 1 N–H and O–H groups in total. The lowest BCUT2D eigenvalue weighted by Crippen LogP contribution is -2.24. The predicted octanol–water partition coefficient (Wildman–Crippen LogP) is 4.98. The van der Waals surface area contributed by atoms with Crippen LogP contribution in [-0.4, -0.2) is 41.1 Å². The van der Waals surface area contributed by atoms with Crippen LogP contribution in [0.25, 0.3) is 15.9 Å². The second-order valence-corrected chi connectivity index (χ2v) is 10.7. The Balaban J connectivity index is 1.37. The van der Waals surface area contributed by atoms with Crippen molar-refractivity contribution < 1.29 is 14.3 Å². The number of ether oxygens (including phenoxy) is 2. The van der Waals surface area contributed by atoms with E-state index in [4.69, 9.17) is 14.5 Å². The summed E-state index contributed by atoms with van der Waals surface area (Å²) in [5.74, 6) is 1.24. The van der Waals surface area contributed by atoms with Crippen LogP contribution in [0, 0.1) is 0 Å². The highest BCUT2D eigenvalue weighted by Crippen LogP contribution is 2.35. The Hall–Kier alpha value is -3.63. The first-order chi connectivity index (χ1) is 18.6. The number of aryl methyl sites for hydroxylation is 2. The molecule has 2 aromatic carbocycles. The van der Waals surface area contributed by atoms with Crippen LogP contribution >= 0.6 is 23.1 Å². The van der Waals surface area contributed by atoms with Crippen molar-refractivity contribution in [3.05, 3.63) is 74.9 Å². The molecule has 0 saturated carbocycles. The monoisotopic (exact) mass is 548 g/mol. The summed E-state index contributed by atoms with van der Waals surface area (Å²) >= 11 is 2.81. The van der Waals surface area contributed by atoms with E-state index in [0.29, 0.717) is 28.6 Å². The Morgan fingerprint density at radius 3 is 2.61 bits per heavy atom. The van der Waals surface area contributed by atoms with Gasteiger partial charge in [-0.15, -0.1) is 11.3 Å². The van der Waals surface area contributed by atoms with Crippen LogP contribution in [-0.2, 0) is 17.6 Å². The van der Waals surface area contributed by atoms with E-state index in [1.54, 1.807) is 29.2 Å². The number of nitrogens with zero attached hydrogens (tertiary/aromatic N) is 3. The summed E-state index contributed by atoms with van der Waals surface area (Å²) in [4.78, 5) is 33.3. The zero-order chi connectivity index (χ0) is 26.5. The maximum absolute atomic E-state index is 13.8. The molecule has 0 radical (unpaired) electrons. The zero-order valence-corrected chi connectivity index (χ0v) is 22.9. The minimum atomic E-state index is -0.293. The molecule has 5 rings (SSSR count). The number of fused-ring (bicyclic) bond motifs is 3. The van der Waals surface area contributed by atoms with Gasteiger partial charge < -0.3 is 9.47 Å². The normalized spacial score (nSPS) is 13.0. The Kier molecular flexibility index (Phi) is 8.09. The number of thioether (sulfide) groups is 1. The fraction of sp³-hybridized carbons (Fsp3) is 0.286. The van der Waals surface area contributed by atoms with Gasteiger partial charge in [0.25, 0.3) is 11.5 Å². The Labute approximate surface area is 228 Å². The third kappa shape index (κ3) is 5.61. The molecule has 2 aromatic heterocycles. The lowest BCUT2D eigenvalue weighted by atomic mass is 9.97. The molecule has 0 atom stereocenters. The van der Waals surface area contributed by atoms with E-state index in [9.17, 15) is 9.59 Å². The van der Waals surface area contributed by atoms with E-state index in [1.165, 1.54) is 16.6 Å². The van der Waals surface area contributed by atoms with Gasteiger partial charge in [-0.2, -0.15) is 5.10 Å². The van der Waals surface area contributed by atoms with Gasteiger partial charge in [-0.25, -0.2) is 10.4 Å². The van der Waals surface area contributed by atoms with Crippen LogP contribution in [0.1, 0.15) is 35.8 Å². The minimum Gasteiger partial charge on any atom is -0.497 e. The summed E-state index contributed by atoms with van der Waals surface area (Å²) < 4.78 is 12.3. The van der Waals surface area contributed by atoms with Gasteiger partial charge in [0.2, 0.25) is 0 Å². The molecule has 4 aromatic rings. The van der Waals surface area contributed by atoms with Crippen molar-refractivity contribution in [2.24, 2.45) is 5.10 Å². The lowest BCUT2D eigenvalue weighted by Gasteiger charge is -2.14. The number of hydrogen-bond acceptors (Lipinski definition) is 8. The van der Waals surface area contributed by atoms with Crippen molar-refractivity contribution >= 4 is 45.4 Å². The Morgan fingerprint density at radius 2 is 1.87 bits per heavy atom. The second kappa shape index (κ2) is 11.8. The smallest absolute Gasteiger partial charge is 0.267 e. The van der Waals surface area contributed by atoms with Gasteiger partial charge in [-0.05, 0) is 92.3 Å². The average Bonchev–Trinajstić information content (AvgIpc) is 3.32. The van der Waals surface area contributed by atoms with Crippen molar-refractivity contribution in [1.29, 1.82) is 0 Å². The number of hydrazone groups is 1. The van der Waals surface area contributed by atoms with Gasteiger partial charge in [-0.1, -0.05) is 11.8 Å². The topological polar surface area (TPSA) is 94.8 Å². The predicted molar refractivity (Wildman–Crippen MR) is 152 cm³/mol. The first kappa shape index (κ1) is 26.0. The van der Waals surface area contributed by atoms with Crippen molar-refractivity contribution in [2.75, 3.05) is 19.5 Å². The summed E-state index contributed by atoms with van der Waals surface area (Å²) in [6, 6.07) is 14.7. The highest BCUT2D eigenvalue weighted by molar-refractivity contribution is 7.99. The van der Waals surface area contributed by atoms with Gasteiger partial charge in [0.15, 0.2) is 5.16 Å². The maximum Gasteiger partial charge on any atom is 0.267 e. The SMILES string of the molecule is CCOc1ccc(C=NNC(=O)CSc2nc3sc4c(c3c(=O)n2-c2ccc(OC)cc2)CCCC4)cc1. The van der Waals surface area contributed by atoms with E-state index in [1.807, 2.05) is 55.5 Å². The fourth-order valence-electron chi connectivity index (χ4n) is 4.40. The fourth-order valence-corrected chi connectivity index (χ4v) is 6.51. The number of amides is 1. The molecule has 0 unspecified atom stereocenters. The molecule has 1 amide bonds. The molecular weight excluding hydrogens is 520 g/mol. The zero-order valence-electron chi connectivity index (χ0n) is 21.2. The highest BCUT2D eigenvalue weighted by atomic mass is 32.2. The minimum absolute atomic E-state index is 0.0554. The van der Waals surface area contributed by atoms with Crippen LogP contribution in [0.2, 0.25) is 0 Å². The molecular formula is C28H28N4O4S2. The molecule has 0 spiro atoms. The molecule has 2 heterocycles. The number of carbonyl (C=O) groups is 1. The van der Waals surface area contributed by atoms with Gasteiger partial charge in [0, 0.05) is 4.88 Å². The number of thiophene rings is 1. The van der Waals surface area contributed by atoms with Gasteiger partial charge in [0.05, 0.1) is 36.8 Å². The standard InChI is InChI=1S/C28H28N4O4S2/c1-3-36-21-12-8-18(9-13-21)16-29-31-24(33)17-37-28-30-26-25(22-6-4-5-7-23(22)38-26)27(34)32(28)19-10-14-20(35-2)15-11-19/h8-16H,3-7,17H2,1-2H3,(H,31,33). The van der Waals surface area contributed by atoms with Crippen LogP contribution in [0.4, 0.5) is 0 Å². The largest absolute Gasteiger partial charge is 0.497 e. The number of methoxy groups -OCH3 is 1. The quantitative estimate of drug-likeness (QED) is 0.137. The molecule has 38 heavy (non-hydrogen) atoms. The molecule has 1 aliphatic rings. The molecule has 0 aliphatic heterocycles.